The van der Waals surface area contributed by atoms with E-state index in [0.29, 0.717) is 11.8 Å². The Morgan fingerprint density at radius 3 is 2.64 bits per heavy atom. The van der Waals surface area contributed by atoms with Crippen LogP contribution in [-0.2, 0) is 5.54 Å². The molecule has 0 bridgehead atoms. The zero-order chi connectivity index (χ0) is 17.6. The highest BCUT2D eigenvalue weighted by Crippen LogP contribution is 2.42. The predicted molar refractivity (Wildman–Crippen MR) is 96.4 cm³/mol. The average molecular weight is 337 g/mol. The summed E-state index contributed by atoms with van der Waals surface area (Å²) in [5, 5.41) is 16.6. The molecule has 1 aromatic carbocycles. The Bertz CT molecular complexity index is 878. The SMILES string of the molecule is CC(C)c1nnc(-c2cnn3c2NC(c2ccccc2)CC3(C)C)o1. The van der Waals surface area contributed by atoms with Crippen molar-refractivity contribution in [2.75, 3.05) is 5.32 Å². The molecule has 0 fully saturated rings. The van der Waals surface area contributed by atoms with Crippen molar-refractivity contribution >= 4 is 5.82 Å². The summed E-state index contributed by atoms with van der Waals surface area (Å²) < 4.78 is 7.88. The standard InChI is InChI=1S/C19H23N5O/c1-12(2)17-22-23-18(25-17)14-11-20-24-16(14)21-15(10-19(24,3)4)13-8-6-5-7-9-13/h5-9,11-12,15,21H,10H2,1-4H3. The van der Waals surface area contributed by atoms with Gasteiger partial charge in [0.1, 0.15) is 11.4 Å². The summed E-state index contributed by atoms with van der Waals surface area (Å²) in [6.45, 7) is 8.49. The first kappa shape index (κ1) is 15.9. The van der Waals surface area contributed by atoms with Crippen LogP contribution in [0, 0.1) is 0 Å². The maximum absolute atomic E-state index is 5.85. The molecule has 3 heterocycles. The molecule has 0 amide bonds. The molecule has 1 unspecified atom stereocenters. The van der Waals surface area contributed by atoms with Gasteiger partial charge < -0.3 is 9.73 Å². The predicted octanol–water partition coefficient (Wildman–Crippen LogP) is 4.35. The number of hydrogen-bond donors (Lipinski definition) is 1. The van der Waals surface area contributed by atoms with E-state index in [2.05, 4.69) is 58.7 Å². The van der Waals surface area contributed by atoms with E-state index >= 15 is 0 Å². The van der Waals surface area contributed by atoms with Gasteiger partial charge in [-0.3, -0.25) is 0 Å². The van der Waals surface area contributed by atoms with Gasteiger partial charge in [-0.25, -0.2) is 4.68 Å². The lowest BCUT2D eigenvalue weighted by Crippen LogP contribution is -2.37. The third kappa shape index (κ3) is 2.71. The fourth-order valence-electron chi connectivity index (χ4n) is 3.37. The first-order valence-corrected chi connectivity index (χ1v) is 8.69. The van der Waals surface area contributed by atoms with Crippen LogP contribution in [0.15, 0.2) is 40.9 Å². The summed E-state index contributed by atoms with van der Waals surface area (Å²) in [6, 6.07) is 10.7. The zero-order valence-corrected chi connectivity index (χ0v) is 15.0. The third-order valence-electron chi connectivity index (χ3n) is 4.72. The molecule has 1 aliphatic rings. The molecular formula is C19H23N5O. The molecule has 2 aromatic heterocycles. The highest BCUT2D eigenvalue weighted by Gasteiger charge is 2.36. The van der Waals surface area contributed by atoms with Gasteiger partial charge in [-0.2, -0.15) is 5.10 Å². The molecule has 0 radical (unpaired) electrons. The molecule has 1 N–H and O–H groups in total. The Labute approximate surface area is 147 Å². The van der Waals surface area contributed by atoms with Gasteiger partial charge >= 0.3 is 0 Å². The second-order valence-electron chi connectivity index (χ2n) is 7.54. The smallest absolute Gasteiger partial charge is 0.253 e. The number of rotatable bonds is 3. The van der Waals surface area contributed by atoms with Crippen molar-refractivity contribution < 1.29 is 4.42 Å². The normalized spacial score (nSPS) is 18.8. The van der Waals surface area contributed by atoms with Gasteiger partial charge in [-0.05, 0) is 25.8 Å². The summed E-state index contributed by atoms with van der Waals surface area (Å²) in [5.74, 6) is 2.30. The van der Waals surface area contributed by atoms with Gasteiger partial charge in [0, 0.05) is 5.92 Å². The second-order valence-corrected chi connectivity index (χ2v) is 7.54. The quantitative estimate of drug-likeness (QED) is 0.769. The van der Waals surface area contributed by atoms with E-state index in [1.807, 2.05) is 30.8 Å². The van der Waals surface area contributed by atoms with E-state index in [1.54, 1.807) is 0 Å². The summed E-state index contributed by atoms with van der Waals surface area (Å²) in [4.78, 5) is 0. The molecule has 6 nitrogen and oxygen atoms in total. The minimum atomic E-state index is -0.111. The molecule has 6 heteroatoms. The molecule has 0 saturated carbocycles. The molecule has 25 heavy (non-hydrogen) atoms. The Morgan fingerprint density at radius 1 is 1.20 bits per heavy atom. The minimum Gasteiger partial charge on any atom is -0.420 e. The number of benzene rings is 1. The van der Waals surface area contributed by atoms with Crippen LogP contribution < -0.4 is 5.32 Å². The van der Waals surface area contributed by atoms with E-state index < -0.39 is 0 Å². The summed E-state index contributed by atoms with van der Waals surface area (Å²) in [5.41, 5.74) is 2.01. The number of nitrogens with one attached hydrogen (secondary N) is 1. The number of nitrogens with zero attached hydrogens (tertiary/aromatic N) is 4. The lowest BCUT2D eigenvalue weighted by atomic mass is 9.89. The van der Waals surface area contributed by atoms with E-state index in [1.165, 1.54) is 5.56 Å². The molecule has 3 aromatic rings. The van der Waals surface area contributed by atoms with Crippen LogP contribution >= 0.6 is 0 Å². The van der Waals surface area contributed by atoms with Gasteiger partial charge in [0.2, 0.25) is 5.89 Å². The second kappa shape index (κ2) is 5.72. The van der Waals surface area contributed by atoms with Crippen molar-refractivity contribution in [2.45, 2.75) is 51.6 Å². The molecule has 130 valence electrons. The summed E-state index contributed by atoms with van der Waals surface area (Å²) >= 11 is 0. The largest absolute Gasteiger partial charge is 0.420 e. The van der Waals surface area contributed by atoms with Gasteiger partial charge in [0.25, 0.3) is 5.89 Å². The molecule has 1 atom stereocenters. The lowest BCUT2D eigenvalue weighted by molar-refractivity contribution is 0.263. The first-order valence-electron chi connectivity index (χ1n) is 8.69. The first-order chi connectivity index (χ1) is 12.0. The van der Waals surface area contributed by atoms with E-state index in [4.69, 9.17) is 4.42 Å². The maximum atomic E-state index is 5.85. The number of fused-ring (bicyclic) bond motifs is 1. The summed E-state index contributed by atoms with van der Waals surface area (Å²) in [6.07, 6.45) is 2.77. The number of hydrogen-bond acceptors (Lipinski definition) is 5. The monoisotopic (exact) mass is 337 g/mol. The maximum Gasteiger partial charge on any atom is 0.253 e. The molecule has 0 saturated heterocycles. The molecular weight excluding hydrogens is 314 g/mol. The van der Waals surface area contributed by atoms with E-state index in [-0.39, 0.29) is 17.5 Å². The van der Waals surface area contributed by atoms with Crippen molar-refractivity contribution in [3.05, 3.63) is 48.0 Å². The van der Waals surface area contributed by atoms with Crippen molar-refractivity contribution in [1.82, 2.24) is 20.0 Å². The molecule has 0 aliphatic carbocycles. The van der Waals surface area contributed by atoms with Crippen molar-refractivity contribution in [3.63, 3.8) is 0 Å². The van der Waals surface area contributed by atoms with Crippen LogP contribution in [0.3, 0.4) is 0 Å². The Hall–Kier alpha value is -2.63. The fourth-order valence-corrected chi connectivity index (χ4v) is 3.37. The van der Waals surface area contributed by atoms with Crippen LogP contribution in [0.1, 0.15) is 57.5 Å². The Morgan fingerprint density at radius 2 is 1.96 bits per heavy atom. The fraction of sp³-hybridized carbons (Fsp3) is 0.421. The topological polar surface area (TPSA) is 68.8 Å². The van der Waals surface area contributed by atoms with Crippen molar-refractivity contribution in [2.24, 2.45) is 0 Å². The molecule has 4 rings (SSSR count). The minimum absolute atomic E-state index is 0.111. The Kier molecular flexibility index (Phi) is 3.63. The zero-order valence-electron chi connectivity index (χ0n) is 15.0. The van der Waals surface area contributed by atoms with Crippen LogP contribution in [0.25, 0.3) is 11.5 Å². The highest BCUT2D eigenvalue weighted by atomic mass is 16.4. The average Bonchev–Trinajstić information content (AvgIpc) is 3.21. The highest BCUT2D eigenvalue weighted by molar-refractivity contribution is 5.70. The lowest BCUT2D eigenvalue weighted by Gasteiger charge is -2.38. The van der Waals surface area contributed by atoms with Crippen molar-refractivity contribution in [3.8, 4) is 11.5 Å². The van der Waals surface area contributed by atoms with Crippen molar-refractivity contribution in [1.29, 1.82) is 0 Å². The van der Waals surface area contributed by atoms with E-state index in [0.717, 1.165) is 17.8 Å². The van der Waals surface area contributed by atoms with E-state index in [9.17, 15) is 0 Å². The van der Waals surface area contributed by atoms with Crippen LogP contribution in [0.2, 0.25) is 0 Å². The van der Waals surface area contributed by atoms with Gasteiger partial charge in [-0.1, -0.05) is 44.2 Å². The number of anilines is 1. The molecule has 0 spiro atoms. The summed E-state index contributed by atoms with van der Waals surface area (Å²) in [7, 11) is 0. The van der Waals surface area contributed by atoms with Gasteiger partial charge in [-0.15, -0.1) is 10.2 Å². The number of aromatic nitrogens is 4. The van der Waals surface area contributed by atoms with Gasteiger partial charge in [0.15, 0.2) is 0 Å². The van der Waals surface area contributed by atoms with Crippen LogP contribution in [0.5, 0.6) is 0 Å². The molecule has 1 aliphatic heterocycles. The van der Waals surface area contributed by atoms with Crippen LogP contribution in [-0.4, -0.2) is 20.0 Å². The van der Waals surface area contributed by atoms with Crippen LogP contribution in [0.4, 0.5) is 5.82 Å². The van der Waals surface area contributed by atoms with Gasteiger partial charge in [0.05, 0.1) is 17.8 Å². The Balaban J connectivity index is 1.76. The third-order valence-corrected chi connectivity index (χ3v) is 4.72.